The smallest absolute Gasteiger partial charge is 0.135 e. The van der Waals surface area contributed by atoms with Crippen molar-refractivity contribution in [2.45, 2.75) is 58.3 Å². The fourth-order valence-corrected chi connectivity index (χ4v) is 13.1. The van der Waals surface area contributed by atoms with Crippen molar-refractivity contribution in [2.75, 3.05) is 35.8 Å². The number of rotatable bonds is 8. The van der Waals surface area contributed by atoms with Crippen LogP contribution in [-0.4, -0.2) is 30.7 Å². The molecule has 13 rings (SSSR count). The Balaban J connectivity index is 0.00000469. The molecule has 3 heterocycles. The summed E-state index contributed by atoms with van der Waals surface area (Å²) < 4.78 is 9.25. The number of para-hydroxylation sites is 3. The molecule has 4 aliphatic carbocycles. The van der Waals surface area contributed by atoms with E-state index in [2.05, 4.69) is 208 Å². The molecule has 1 aliphatic heterocycles. The first kappa shape index (κ1) is 41.8. The van der Waals surface area contributed by atoms with Crippen molar-refractivity contribution >= 4 is 44.6 Å². The van der Waals surface area contributed by atoms with E-state index in [9.17, 15) is 0 Å². The third-order valence-corrected chi connectivity index (χ3v) is 15.4. The Labute approximate surface area is 398 Å². The minimum absolute atomic E-state index is 0. The van der Waals surface area contributed by atoms with Crippen LogP contribution in [0.3, 0.4) is 0 Å². The molecule has 0 N–H and O–H groups in total. The minimum Gasteiger partial charge on any atom is -0.509 e. The molecule has 65 heavy (non-hydrogen) atoms. The van der Waals surface area contributed by atoms with Crippen molar-refractivity contribution in [3.63, 3.8) is 0 Å². The fourth-order valence-electron chi connectivity index (χ4n) is 13.1. The summed E-state index contributed by atoms with van der Waals surface area (Å²) in [6, 6.07) is 52.1. The summed E-state index contributed by atoms with van der Waals surface area (Å²) in [6.07, 6.45) is 8.73. The molecule has 330 valence electrons. The van der Waals surface area contributed by atoms with Gasteiger partial charge in [0.1, 0.15) is 5.82 Å². The number of fused-ring (bicyclic) bond motifs is 4. The molecular formula is C58H54N5OPt-3. The van der Waals surface area contributed by atoms with Crippen LogP contribution in [0.1, 0.15) is 59.9 Å². The average molecular weight is 1030 g/mol. The molecule has 6 aromatic carbocycles. The minimum atomic E-state index is -0.0541. The Morgan fingerprint density at radius 3 is 2.11 bits per heavy atom. The number of aryl methyl sites for hydroxylation is 3. The van der Waals surface area contributed by atoms with Crippen LogP contribution in [0, 0.1) is 63.2 Å². The van der Waals surface area contributed by atoms with E-state index in [1.807, 2.05) is 0 Å². The maximum absolute atomic E-state index is 6.94. The number of benzene rings is 6. The van der Waals surface area contributed by atoms with Crippen LogP contribution in [0.4, 0.5) is 22.7 Å². The van der Waals surface area contributed by atoms with Gasteiger partial charge in [-0.1, -0.05) is 65.7 Å². The van der Waals surface area contributed by atoms with Gasteiger partial charge in [-0.2, -0.15) is 12.7 Å². The van der Waals surface area contributed by atoms with Gasteiger partial charge >= 0.3 is 0 Å². The Morgan fingerprint density at radius 2 is 1.38 bits per heavy atom. The number of ether oxygens (including phenoxy) is 1. The molecule has 4 fully saturated rings. The van der Waals surface area contributed by atoms with Crippen LogP contribution in [0.25, 0.3) is 38.8 Å². The topological polar surface area (TPSA) is 36.8 Å². The molecule has 0 spiro atoms. The van der Waals surface area contributed by atoms with E-state index in [0.717, 1.165) is 56.7 Å². The van der Waals surface area contributed by atoms with Gasteiger partial charge < -0.3 is 24.0 Å². The monoisotopic (exact) mass is 1030 g/mol. The van der Waals surface area contributed by atoms with E-state index in [1.165, 1.54) is 76.6 Å². The summed E-state index contributed by atoms with van der Waals surface area (Å²) in [4.78, 5) is 11.8. The first-order chi connectivity index (χ1) is 31.1. The van der Waals surface area contributed by atoms with E-state index in [1.54, 1.807) is 0 Å². The van der Waals surface area contributed by atoms with Crippen LogP contribution in [-0.2, 0) is 26.5 Å². The van der Waals surface area contributed by atoms with Crippen molar-refractivity contribution in [3.8, 4) is 28.4 Å². The molecule has 0 atom stereocenters. The summed E-state index contributed by atoms with van der Waals surface area (Å²) in [7, 11) is 6.35. The summed E-state index contributed by atoms with van der Waals surface area (Å²) in [5.74, 6) is 5.13. The van der Waals surface area contributed by atoms with Gasteiger partial charge in [-0.15, -0.1) is 47.0 Å². The van der Waals surface area contributed by atoms with Gasteiger partial charge in [-0.3, -0.25) is 0 Å². The van der Waals surface area contributed by atoms with E-state index >= 15 is 0 Å². The molecule has 5 aliphatic rings. The largest absolute Gasteiger partial charge is 0.509 e. The summed E-state index contributed by atoms with van der Waals surface area (Å²) in [5.41, 5.74) is 15.3. The van der Waals surface area contributed by atoms with Crippen LogP contribution in [0.2, 0.25) is 0 Å². The van der Waals surface area contributed by atoms with Crippen molar-refractivity contribution in [1.29, 1.82) is 0 Å². The average Bonchev–Trinajstić information content (AvgIpc) is 3.80. The number of pyridine rings is 1. The van der Waals surface area contributed by atoms with Gasteiger partial charge in [0.15, 0.2) is 0 Å². The molecule has 0 unspecified atom stereocenters. The summed E-state index contributed by atoms with van der Waals surface area (Å²) in [5, 5.41) is 2.29. The Hall–Kier alpha value is -5.84. The zero-order chi connectivity index (χ0) is 43.4. The molecule has 7 heteroatoms. The molecule has 6 nitrogen and oxygen atoms in total. The second-order valence-electron chi connectivity index (χ2n) is 19.5. The number of nitrogens with zero attached hydrogens (tertiary/aromatic N) is 5. The van der Waals surface area contributed by atoms with Crippen molar-refractivity contribution in [3.05, 3.63) is 174 Å². The molecule has 4 bridgehead atoms. The second-order valence-corrected chi connectivity index (χ2v) is 19.5. The SMILES string of the molecule is Cc1cc(C)c(-c2cc(Oc3[c-]c4c(cc3)c3ccccc3n4-c3cc(C4(c5ccc(N(C)C)cc5)C5CC6CC(C5)CC4C6)ccn3)[c-]c(N3[CH-]N(C)c4ccccc43)c2)c(C)c1.[Pt]. The second kappa shape index (κ2) is 15.9. The quantitative estimate of drug-likeness (QED) is 0.142. The van der Waals surface area contributed by atoms with E-state index in [4.69, 9.17) is 9.72 Å². The molecule has 0 amide bonds. The van der Waals surface area contributed by atoms with Crippen LogP contribution in [0.15, 0.2) is 128 Å². The van der Waals surface area contributed by atoms with Gasteiger partial charge in [0.25, 0.3) is 0 Å². The zero-order valence-corrected chi connectivity index (χ0v) is 40.3. The predicted octanol–water partition coefficient (Wildman–Crippen LogP) is 13.7. The molecule has 0 radical (unpaired) electrons. The van der Waals surface area contributed by atoms with Gasteiger partial charge in [0.2, 0.25) is 0 Å². The number of hydrogen-bond acceptors (Lipinski definition) is 5. The van der Waals surface area contributed by atoms with Gasteiger partial charge in [-0.25, -0.2) is 4.98 Å². The molecule has 2 aromatic heterocycles. The maximum atomic E-state index is 6.94. The first-order valence-electron chi connectivity index (χ1n) is 23.1. The number of anilines is 4. The molecular weight excluding hydrogens is 978 g/mol. The normalized spacial score (nSPS) is 21.8. The Kier molecular flexibility index (Phi) is 10.3. The number of hydrogen-bond donors (Lipinski definition) is 0. The summed E-state index contributed by atoms with van der Waals surface area (Å²) >= 11 is 0. The van der Waals surface area contributed by atoms with E-state index in [-0.39, 0.29) is 26.5 Å². The molecule has 0 saturated heterocycles. The van der Waals surface area contributed by atoms with E-state index < -0.39 is 0 Å². The standard InChI is InChI=1S/C58H54N5O.Pt/c1-36-23-37(2)57(38(3)24-36)41-30-47(62-35-61(6)53-13-9-10-14-54(53)62)33-49(31-41)64-48-19-20-51-50-11-7-8-12-52(50)63(55(51)34-48)56-32-43(21-22-59-56)58(42-15-17-46(18-16-42)60(4)5)44-26-39-25-40(28-44)29-45(58)27-39;/h7-24,30-32,35,39-40,44-45H,25-29H2,1-6H3;/q-3;. The van der Waals surface area contributed by atoms with Gasteiger partial charge in [-0.05, 0) is 159 Å². The van der Waals surface area contributed by atoms with Crippen LogP contribution >= 0.6 is 0 Å². The summed E-state index contributed by atoms with van der Waals surface area (Å²) in [6.45, 7) is 8.69. The van der Waals surface area contributed by atoms with E-state index in [0.29, 0.717) is 23.3 Å². The van der Waals surface area contributed by atoms with Crippen molar-refractivity contribution in [2.24, 2.45) is 23.7 Å². The number of aromatic nitrogens is 2. The van der Waals surface area contributed by atoms with Crippen LogP contribution < -0.4 is 19.4 Å². The zero-order valence-electron chi connectivity index (χ0n) is 38.0. The maximum Gasteiger partial charge on any atom is 0.135 e. The Bertz CT molecular complexity index is 3080. The third-order valence-electron chi connectivity index (χ3n) is 15.4. The molecule has 8 aromatic rings. The molecule has 4 saturated carbocycles. The first-order valence-corrected chi connectivity index (χ1v) is 23.1. The van der Waals surface area contributed by atoms with Gasteiger partial charge in [0, 0.05) is 80.9 Å². The van der Waals surface area contributed by atoms with Crippen LogP contribution in [0.5, 0.6) is 11.5 Å². The fraction of sp³-hybridized carbons (Fsp3) is 0.276. The van der Waals surface area contributed by atoms with Crippen molar-refractivity contribution in [1.82, 2.24) is 9.55 Å². The van der Waals surface area contributed by atoms with Gasteiger partial charge in [0.05, 0.1) is 0 Å². The predicted molar refractivity (Wildman–Crippen MR) is 262 cm³/mol. The van der Waals surface area contributed by atoms with Crippen molar-refractivity contribution < 1.29 is 25.8 Å². The Morgan fingerprint density at radius 1 is 0.692 bits per heavy atom. The third kappa shape index (κ3) is 6.72.